The van der Waals surface area contributed by atoms with Crippen molar-refractivity contribution >= 4 is 12.0 Å². The van der Waals surface area contributed by atoms with Crippen molar-refractivity contribution in [3.63, 3.8) is 0 Å². The van der Waals surface area contributed by atoms with E-state index in [1.807, 2.05) is 20.8 Å². The summed E-state index contributed by atoms with van der Waals surface area (Å²) in [5.41, 5.74) is -0.542. The minimum atomic E-state index is -0.542. The van der Waals surface area contributed by atoms with Crippen LogP contribution >= 0.6 is 0 Å². The molecular formula is C15H24N2O3. The second-order valence-electron chi connectivity index (χ2n) is 6.07. The Hall–Kier alpha value is -1.70. The number of terminal acetylenes is 1. The normalized spacial score (nSPS) is 22.5. The largest absolute Gasteiger partial charge is 0.444 e. The summed E-state index contributed by atoms with van der Waals surface area (Å²) in [6.07, 6.45) is 8.20. The first-order valence-corrected chi connectivity index (χ1v) is 7.04. The van der Waals surface area contributed by atoms with Gasteiger partial charge in [-0.3, -0.25) is 4.79 Å². The Morgan fingerprint density at radius 3 is 2.55 bits per heavy atom. The molecule has 5 nitrogen and oxygen atoms in total. The zero-order chi connectivity index (χ0) is 15.2. The maximum absolute atomic E-state index is 12.0. The van der Waals surface area contributed by atoms with Crippen LogP contribution in [0, 0.1) is 18.3 Å². The Kier molecular flexibility index (Phi) is 5.87. The fraction of sp³-hybridized carbons (Fsp3) is 0.733. The Bertz CT molecular complexity index is 393. The van der Waals surface area contributed by atoms with Crippen molar-refractivity contribution in [1.29, 1.82) is 0 Å². The van der Waals surface area contributed by atoms with Gasteiger partial charge < -0.3 is 15.4 Å². The zero-order valence-corrected chi connectivity index (χ0v) is 12.5. The smallest absolute Gasteiger partial charge is 0.407 e. The summed E-state index contributed by atoms with van der Waals surface area (Å²) in [5.74, 6) is 2.05. The van der Waals surface area contributed by atoms with Crippen LogP contribution in [0.25, 0.3) is 0 Å². The van der Waals surface area contributed by atoms with Gasteiger partial charge >= 0.3 is 6.09 Å². The van der Waals surface area contributed by atoms with E-state index in [2.05, 4.69) is 16.6 Å². The molecule has 1 saturated carbocycles. The van der Waals surface area contributed by atoms with Gasteiger partial charge in [0.05, 0.1) is 12.5 Å². The topological polar surface area (TPSA) is 67.4 Å². The molecule has 0 aromatic carbocycles. The van der Waals surface area contributed by atoms with Crippen LogP contribution in [-0.2, 0) is 9.53 Å². The number of alkyl carbamates (subject to hydrolysis) is 1. The first-order chi connectivity index (χ1) is 9.33. The number of rotatable bonds is 3. The molecule has 0 spiro atoms. The van der Waals surface area contributed by atoms with Crippen molar-refractivity contribution in [3.05, 3.63) is 0 Å². The van der Waals surface area contributed by atoms with E-state index in [0.29, 0.717) is 0 Å². The SMILES string of the molecule is C#CCNC(=O)[C@@H]1CCCC[C@@H]1NC(=O)OC(C)(C)C. The molecule has 2 N–H and O–H groups in total. The minimum absolute atomic E-state index is 0.0938. The maximum Gasteiger partial charge on any atom is 0.407 e. The van der Waals surface area contributed by atoms with Crippen LogP contribution in [-0.4, -0.2) is 30.2 Å². The highest BCUT2D eigenvalue weighted by Crippen LogP contribution is 2.25. The highest BCUT2D eigenvalue weighted by atomic mass is 16.6. The van der Waals surface area contributed by atoms with Crippen molar-refractivity contribution in [2.45, 2.75) is 58.1 Å². The van der Waals surface area contributed by atoms with Crippen molar-refractivity contribution in [2.75, 3.05) is 6.54 Å². The molecular weight excluding hydrogens is 256 g/mol. The van der Waals surface area contributed by atoms with Gasteiger partial charge in [-0.1, -0.05) is 18.8 Å². The number of hydrogen-bond acceptors (Lipinski definition) is 3. The van der Waals surface area contributed by atoms with E-state index in [0.717, 1.165) is 25.7 Å². The second-order valence-corrected chi connectivity index (χ2v) is 6.07. The van der Waals surface area contributed by atoms with E-state index in [1.165, 1.54) is 0 Å². The molecule has 2 atom stereocenters. The number of ether oxygens (including phenoxy) is 1. The van der Waals surface area contributed by atoms with Crippen LogP contribution in [0.3, 0.4) is 0 Å². The lowest BCUT2D eigenvalue weighted by Gasteiger charge is -2.31. The van der Waals surface area contributed by atoms with Crippen molar-refractivity contribution in [3.8, 4) is 12.3 Å². The highest BCUT2D eigenvalue weighted by molar-refractivity contribution is 5.80. The van der Waals surface area contributed by atoms with Crippen molar-refractivity contribution in [1.82, 2.24) is 10.6 Å². The second kappa shape index (κ2) is 7.18. The molecule has 112 valence electrons. The van der Waals surface area contributed by atoms with E-state index < -0.39 is 11.7 Å². The fourth-order valence-corrected chi connectivity index (χ4v) is 2.35. The van der Waals surface area contributed by atoms with E-state index in [4.69, 9.17) is 11.2 Å². The number of nitrogens with one attached hydrogen (secondary N) is 2. The summed E-state index contributed by atoms with van der Waals surface area (Å²) in [6.45, 7) is 5.65. The molecule has 0 saturated heterocycles. The van der Waals surface area contributed by atoms with Gasteiger partial charge in [-0.05, 0) is 33.6 Å². The monoisotopic (exact) mass is 280 g/mol. The van der Waals surface area contributed by atoms with Crippen LogP contribution in [0.15, 0.2) is 0 Å². The molecule has 0 unspecified atom stereocenters. The van der Waals surface area contributed by atoms with Gasteiger partial charge in [0.15, 0.2) is 0 Å². The molecule has 0 aliphatic heterocycles. The molecule has 0 bridgehead atoms. The summed E-state index contributed by atoms with van der Waals surface area (Å²) in [4.78, 5) is 23.8. The molecule has 1 rings (SSSR count). The van der Waals surface area contributed by atoms with Crippen LogP contribution in [0.4, 0.5) is 4.79 Å². The summed E-state index contributed by atoms with van der Waals surface area (Å²) >= 11 is 0. The first-order valence-electron chi connectivity index (χ1n) is 7.04. The Morgan fingerprint density at radius 1 is 1.30 bits per heavy atom. The first kappa shape index (κ1) is 16.4. The number of carbonyl (C=O) groups is 2. The van der Waals surface area contributed by atoms with Crippen LogP contribution in [0.1, 0.15) is 46.5 Å². The number of hydrogen-bond donors (Lipinski definition) is 2. The minimum Gasteiger partial charge on any atom is -0.444 e. The molecule has 0 radical (unpaired) electrons. The average molecular weight is 280 g/mol. The summed E-state index contributed by atoms with van der Waals surface area (Å²) in [5, 5.41) is 5.50. The molecule has 1 fully saturated rings. The average Bonchev–Trinajstić information content (AvgIpc) is 2.34. The van der Waals surface area contributed by atoms with Crippen LogP contribution < -0.4 is 10.6 Å². The predicted octanol–water partition coefficient (Wildman–Crippen LogP) is 1.82. The van der Waals surface area contributed by atoms with Crippen molar-refractivity contribution < 1.29 is 14.3 Å². The third-order valence-corrected chi connectivity index (χ3v) is 3.17. The van der Waals surface area contributed by atoms with Gasteiger partial charge in [0.2, 0.25) is 5.91 Å². The lowest BCUT2D eigenvalue weighted by Crippen LogP contribution is -2.49. The van der Waals surface area contributed by atoms with E-state index in [1.54, 1.807) is 0 Å². The molecule has 1 aliphatic carbocycles. The molecule has 5 heteroatoms. The number of amides is 2. The Labute approximate surface area is 120 Å². The molecule has 0 aromatic heterocycles. The Balaban J connectivity index is 2.58. The highest BCUT2D eigenvalue weighted by Gasteiger charge is 2.32. The fourth-order valence-electron chi connectivity index (χ4n) is 2.35. The lowest BCUT2D eigenvalue weighted by atomic mass is 9.84. The third kappa shape index (κ3) is 5.52. The quantitative estimate of drug-likeness (QED) is 0.775. The summed E-state index contributed by atoms with van der Waals surface area (Å²) in [6, 6.07) is -0.184. The molecule has 0 heterocycles. The molecule has 1 aliphatic rings. The zero-order valence-electron chi connectivity index (χ0n) is 12.5. The van der Waals surface area contributed by atoms with E-state index in [9.17, 15) is 9.59 Å². The standard InChI is InChI=1S/C15H24N2O3/c1-5-10-16-13(18)11-8-6-7-9-12(11)17-14(19)20-15(2,3)4/h1,11-12H,6-10H2,2-4H3,(H,16,18)(H,17,19)/t11-,12+/m1/s1. The van der Waals surface area contributed by atoms with Crippen LogP contribution in [0.2, 0.25) is 0 Å². The van der Waals surface area contributed by atoms with Crippen molar-refractivity contribution in [2.24, 2.45) is 5.92 Å². The maximum atomic E-state index is 12.0. The van der Waals surface area contributed by atoms with Gasteiger partial charge in [-0.25, -0.2) is 4.79 Å². The van der Waals surface area contributed by atoms with Gasteiger partial charge in [0.25, 0.3) is 0 Å². The number of carbonyl (C=O) groups excluding carboxylic acids is 2. The Morgan fingerprint density at radius 2 is 1.95 bits per heavy atom. The van der Waals surface area contributed by atoms with Crippen LogP contribution in [0.5, 0.6) is 0 Å². The van der Waals surface area contributed by atoms with Gasteiger partial charge in [0, 0.05) is 6.04 Å². The van der Waals surface area contributed by atoms with E-state index in [-0.39, 0.29) is 24.4 Å². The lowest BCUT2D eigenvalue weighted by molar-refractivity contribution is -0.126. The summed E-state index contributed by atoms with van der Waals surface area (Å²) < 4.78 is 5.24. The predicted molar refractivity (Wildman–Crippen MR) is 77.0 cm³/mol. The van der Waals surface area contributed by atoms with Gasteiger partial charge in [0.1, 0.15) is 5.60 Å². The van der Waals surface area contributed by atoms with Gasteiger partial charge in [-0.15, -0.1) is 6.42 Å². The molecule has 2 amide bonds. The summed E-state index contributed by atoms with van der Waals surface area (Å²) in [7, 11) is 0. The molecule has 20 heavy (non-hydrogen) atoms. The van der Waals surface area contributed by atoms with E-state index >= 15 is 0 Å². The third-order valence-electron chi connectivity index (χ3n) is 3.17. The van der Waals surface area contributed by atoms with Gasteiger partial charge in [-0.2, -0.15) is 0 Å². The molecule has 0 aromatic rings.